The molecule has 100 valence electrons. The second-order valence-corrected chi connectivity index (χ2v) is 5.50. The van der Waals surface area contributed by atoms with E-state index in [1.807, 2.05) is 0 Å². The van der Waals surface area contributed by atoms with Gasteiger partial charge in [0.1, 0.15) is 5.75 Å². The van der Waals surface area contributed by atoms with Crippen LogP contribution in [-0.4, -0.2) is 38.2 Å². The maximum atomic E-state index is 5.53. The van der Waals surface area contributed by atoms with E-state index in [2.05, 4.69) is 45.2 Å². The zero-order valence-electron chi connectivity index (χ0n) is 11.1. The first kappa shape index (κ1) is 13.8. The number of halogens is 1. The Labute approximate surface area is 118 Å². The fourth-order valence-electron chi connectivity index (χ4n) is 2.37. The van der Waals surface area contributed by atoms with Crippen LogP contribution in [0.1, 0.15) is 18.1 Å². The van der Waals surface area contributed by atoms with Gasteiger partial charge in [-0.05, 0) is 34.0 Å². The van der Waals surface area contributed by atoms with Gasteiger partial charge in [0.05, 0.1) is 11.6 Å². The molecule has 4 heteroatoms. The predicted molar refractivity (Wildman–Crippen MR) is 78.2 cm³/mol. The van der Waals surface area contributed by atoms with E-state index in [1.165, 1.54) is 11.1 Å². The summed E-state index contributed by atoms with van der Waals surface area (Å²) in [5, 5.41) is 3.38. The lowest BCUT2D eigenvalue weighted by Gasteiger charge is -2.28. The lowest BCUT2D eigenvalue weighted by atomic mass is 10.1. The van der Waals surface area contributed by atoms with Gasteiger partial charge in [-0.1, -0.05) is 13.0 Å². The van der Waals surface area contributed by atoms with Gasteiger partial charge in [-0.15, -0.1) is 0 Å². The molecule has 0 radical (unpaired) electrons. The summed E-state index contributed by atoms with van der Waals surface area (Å²) >= 11 is 3.61. The van der Waals surface area contributed by atoms with Crippen LogP contribution in [0.25, 0.3) is 0 Å². The first-order valence-corrected chi connectivity index (χ1v) is 7.32. The van der Waals surface area contributed by atoms with Crippen molar-refractivity contribution in [2.75, 3.05) is 33.3 Å². The van der Waals surface area contributed by atoms with Crippen LogP contribution >= 0.6 is 15.9 Å². The molecule has 3 nitrogen and oxygen atoms in total. The van der Waals surface area contributed by atoms with Gasteiger partial charge in [-0.3, -0.25) is 4.90 Å². The van der Waals surface area contributed by atoms with E-state index in [-0.39, 0.29) is 0 Å². The number of nitrogens with one attached hydrogen (secondary N) is 1. The lowest BCUT2D eigenvalue weighted by Crippen LogP contribution is -2.42. The number of benzene rings is 1. The fourth-order valence-corrected chi connectivity index (χ4v) is 3.08. The molecule has 1 aliphatic heterocycles. The van der Waals surface area contributed by atoms with E-state index in [0.29, 0.717) is 0 Å². The van der Waals surface area contributed by atoms with E-state index in [4.69, 9.17) is 4.74 Å². The number of hydrogen-bond donors (Lipinski definition) is 1. The van der Waals surface area contributed by atoms with Crippen molar-refractivity contribution in [1.29, 1.82) is 0 Å². The van der Waals surface area contributed by atoms with Crippen LogP contribution in [0.4, 0.5) is 0 Å². The topological polar surface area (TPSA) is 24.5 Å². The maximum Gasteiger partial charge on any atom is 0.137 e. The van der Waals surface area contributed by atoms with Crippen molar-refractivity contribution >= 4 is 15.9 Å². The highest BCUT2D eigenvalue weighted by Crippen LogP contribution is 2.31. The van der Waals surface area contributed by atoms with E-state index < -0.39 is 0 Å². The zero-order chi connectivity index (χ0) is 13.0. The van der Waals surface area contributed by atoms with Crippen molar-refractivity contribution in [2.45, 2.75) is 19.9 Å². The van der Waals surface area contributed by atoms with Crippen LogP contribution in [0.5, 0.6) is 5.75 Å². The van der Waals surface area contributed by atoms with Gasteiger partial charge >= 0.3 is 0 Å². The molecule has 1 aliphatic rings. The predicted octanol–water partition coefficient (Wildman–Crippen LogP) is 2.43. The number of hydrogen-bond acceptors (Lipinski definition) is 3. The third-order valence-electron chi connectivity index (χ3n) is 3.40. The molecule has 1 aromatic carbocycles. The van der Waals surface area contributed by atoms with Crippen LogP contribution in [0.2, 0.25) is 0 Å². The van der Waals surface area contributed by atoms with Gasteiger partial charge < -0.3 is 10.1 Å². The molecular formula is C14H21BrN2O. The summed E-state index contributed by atoms with van der Waals surface area (Å²) in [5.41, 5.74) is 2.64. The quantitative estimate of drug-likeness (QED) is 0.924. The molecule has 1 fully saturated rings. The number of ether oxygens (including phenoxy) is 1. The van der Waals surface area contributed by atoms with Crippen molar-refractivity contribution in [2.24, 2.45) is 0 Å². The molecule has 0 amide bonds. The van der Waals surface area contributed by atoms with Gasteiger partial charge in [0.2, 0.25) is 0 Å². The molecule has 1 aromatic rings. The highest BCUT2D eigenvalue weighted by Gasteiger charge is 2.15. The highest BCUT2D eigenvalue weighted by molar-refractivity contribution is 9.10. The Morgan fingerprint density at radius 1 is 1.33 bits per heavy atom. The van der Waals surface area contributed by atoms with Crippen molar-refractivity contribution in [3.63, 3.8) is 0 Å². The fraction of sp³-hybridized carbons (Fsp3) is 0.571. The Morgan fingerprint density at radius 3 is 2.67 bits per heavy atom. The first-order chi connectivity index (χ1) is 8.74. The minimum atomic E-state index is 0.970. The summed E-state index contributed by atoms with van der Waals surface area (Å²) in [5.74, 6) is 0.978. The molecule has 0 spiro atoms. The molecule has 0 aromatic heterocycles. The number of aryl methyl sites for hydroxylation is 1. The summed E-state index contributed by atoms with van der Waals surface area (Å²) in [6.45, 7) is 7.53. The van der Waals surface area contributed by atoms with Crippen LogP contribution < -0.4 is 10.1 Å². The lowest BCUT2D eigenvalue weighted by molar-refractivity contribution is 0.230. The van der Waals surface area contributed by atoms with Crippen LogP contribution in [0.15, 0.2) is 16.6 Å². The summed E-state index contributed by atoms with van der Waals surface area (Å²) < 4.78 is 6.59. The Morgan fingerprint density at radius 2 is 2.06 bits per heavy atom. The van der Waals surface area contributed by atoms with Gasteiger partial charge in [-0.25, -0.2) is 0 Å². The normalized spacial score (nSPS) is 16.8. The van der Waals surface area contributed by atoms with Crippen molar-refractivity contribution < 1.29 is 4.74 Å². The molecule has 0 atom stereocenters. The number of nitrogens with zero attached hydrogens (tertiary/aromatic N) is 1. The van der Waals surface area contributed by atoms with Gasteiger partial charge in [0, 0.05) is 38.3 Å². The van der Waals surface area contributed by atoms with E-state index in [1.54, 1.807) is 7.11 Å². The van der Waals surface area contributed by atoms with Gasteiger partial charge in [0.25, 0.3) is 0 Å². The average Bonchev–Trinajstić information content (AvgIpc) is 2.39. The molecule has 1 heterocycles. The monoisotopic (exact) mass is 312 g/mol. The summed E-state index contributed by atoms with van der Waals surface area (Å²) in [6, 6.07) is 4.42. The average molecular weight is 313 g/mol. The first-order valence-electron chi connectivity index (χ1n) is 6.53. The molecular weight excluding hydrogens is 292 g/mol. The summed E-state index contributed by atoms with van der Waals surface area (Å²) in [7, 11) is 1.74. The SMILES string of the molecule is CCc1cc(Br)c(OC)c(CN2CCNCC2)c1. The molecule has 0 bridgehead atoms. The number of piperazine rings is 1. The van der Waals surface area contributed by atoms with Crippen molar-refractivity contribution in [1.82, 2.24) is 10.2 Å². The Balaban J connectivity index is 2.20. The summed E-state index contributed by atoms with van der Waals surface area (Å²) in [4.78, 5) is 2.47. The minimum Gasteiger partial charge on any atom is -0.495 e. The minimum absolute atomic E-state index is 0.970. The zero-order valence-corrected chi connectivity index (χ0v) is 12.7. The van der Waals surface area contributed by atoms with E-state index in [9.17, 15) is 0 Å². The van der Waals surface area contributed by atoms with Gasteiger partial charge in [-0.2, -0.15) is 0 Å². The molecule has 1 saturated heterocycles. The number of rotatable bonds is 4. The Hall–Kier alpha value is -0.580. The third-order valence-corrected chi connectivity index (χ3v) is 3.99. The van der Waals surface area contributed by atoms with Crippen LogP contribution in [0, 0.1) is 0 Å². The standard InChI is InChI=1S/C14H21BrN2O/c1-3-11-8-12(14(18-2)13(15)9-11)10-17-6-4-16-5-7-17/h8-9,16H,3-7,10H2,1-2H3. The molecule has 0 saturated carbocycles. The maximum absolute atomic E-state index is 5.53. The molecule has 1 N–H and O–H groups in total. The Kier molecular flexibility index (Phi) is 5.03. The van der Waals surface area contributed by atoms with Crippen molar-refractivity contribution in [3.8, 4) is 5.75 Å². The molecule has 18 heavy (non-hydrogen) atoms. The van der Waals surface area contributed by atoms with Crippen LogP contribution in [0.3, 0.4) is 0 Å². The largest absolute Gasteiger partial charge is 0.495 e. The Bertz CT molecular complexity index is 403. The van der Waals surface area contributed by atoms with E-state index >= 15 is 0 Å². The molecule has 0 aliphatic carbocycles. The van der Waals surface area contributed by atoms with Gasteiger partial charge in [0.15, 0.2) is 0 Å². The summed E-state index contributed by atoms with van der Waals surface area (Å²) in [6.07, 6.45) is 1.05. The molecule has 0 unspecified atom stereocenters. The van der Waals surface area contributed by atoms with Crippen LogP contribution in [-0.2, 0) is 13.0 Å². The third kappa shape index (κ3) is 3.25. The van der Waals surface area contributed by atoms with E-state index in [0.717, 1.165) is 49.4 Å². The second kappa shape index (κ2) is 6.55. The smallest absolute Gasteiger partial charge is 0.137 e. The molecule has 2 rings (SSSR count). The van der Waals surface area contributed by atoms with Crippen molar-refractivity contribution in [3.05, 3.63) is 27.7 Å². The number of methoxy groups -OCH3 is 1. The highest BCUT2D eigenvalue weighted by atomic mass is 79.9. The second-order valence-electron chi connectivity index (χ2n) is 4.65.